The maximum atomic E-state index is 5.93. The van der Waals surface area contributed by atoms with Gasteiger partial charge in [0.1, 0.15) is 35.4 Å². The molecule has 6 nitrogen and oxygen atoms in total. The zero-order valence-electron chi connectivity index (χ0n) is 18.2. The molecule has 0 radical (unpaired) electrons. The van der Waals surface area contributed by atoms with Gasteiger partial charge in [-0.1, -0.05) is 30.3 Å². The van der Waals surface area contributed by atoms with Crippen molar-refractivity contribution >= 4 is 5.82 Å². The number of fused-ring (bicyclic) bond motifs is 1. The molecule has 1 N–H and O–H groups in total. The number of benzene rings is 3. The topological polar surface area (TPSA) is 57.5 Å². The van der Waals surface area contributed by atoms with Gasteiger partial charge in [-0.05, 0) is 48.4 Å². The molecule has 0 bridgehead atoms. The summed E-state index contributed by atoms with van der Waals surface area (Å²) in [5.74, 6) is 3.35. The van der Waals surface area contributed by atoms with Crippen LogP contribution < -0.4 is 19.5 Å². The van der Waals surface area contributed by atoms with E-state index in [-0.39, 0.29) is 0 Å². The first-order chi connectivity index (χ1) is 15.8. The summed E-state index contributed by atoms with van der Waals surface area (Å²) in [6, 6.07) is 24.0. The van der Waals surface area contributed by atoms with Gasteiger partial charge in [-0.3, -0.25) is 0 Å². The predicted molar refractivity (Wildman–Crippen MR) is 125 cm³/mol. The fourth-order valence-corrected chi connectivity index (χ4v) is 4.00. The number of aromatic nitrogens is 2. The summed E-state index contributed by atoms with van der Waals surface area (Å²) in [6.45, 7) is 1.43. The Balaban J connectivity index is 1.44. The lowest BCUT2D eigenvalue weighted by atomic mass is 10.1. The Morgan fingerprint density at radius 3 is 2.44 bits per heavy atom. The van der Waals surface area contributed by atoms with Crippen molar-refractivity contribution in [3.8, 4) is 34.2 Å². The van der Waals surface area contributed by atoms with Gasteiger partial charge in [0.25, 0.3) is 0 Å². The number of anilines is 1. The zero-order valence-corrected chi connectivity index (χ0v) is 18.2. The van der Waals surface area contributed by atoms with E-state index in [0.29, 0.717) is 6.61 Å². The maximum absolute atomic E-state index is 5.93. The molecule has 0 saturated carbocycles. The molecule has 32 heavy (non-hydrogen) atoms. The second-order valence-corrected chi connectivity index (χ2v) is 7.60. The lowest BCUT2D eigenvalue weighted by Crippen LogP contribution is -2.04. The van der Waals surface area contributed by atoms with E-state index in [1.165, 1.54) is 5.56 Å². The minimum Gasteiger partial charge on any atom is -0.497 e. The van der Waals surface area contributed by atoms with Gasteiger partial charge in [-0.2, -0.15) is 5.10 Å². The zero-order chi connectivity index (χ0) is 21.9. The van der Waals surface area contributed by atoms with Crippen LogP contribution >= 0.6 is 0 Å². The molecular weight excluding hydrogens is 402 g/mol. The van der Waals surface area contributed by atoms with Gasteiger partial charge < -0.3 is 19.5 Å². The van der Waals surface area contributed by atoms with Gasteiger partial charge in [0.05, 0.1) is 19.9 Å². The summed E-state index contributed by atoms with van der Waals surface area (Å²) in [5, 5.41) is 8.43. The van der Waals surface area contributed by atoms with E-state index in [1.54, 1.807) is 14.2 Å². The van der Waals surface area contributed by atoms with Crippen molar-refractivity contribution in [3.63, 3.8) is 0 Å². The molecule has 0 unspecified atom stereocenters. The minimum atomic E-state index is 0.542. The van der Waals surface area contributed by atoms with Crippen LogP contribution in [0.4, 0.5) is 5.82 Å². The van der Waals surface area contributed by atoms with E-state index in [4.69, 9.17) is 19.3 Å². The largest absolute Gasteiger partial charge is 0.497 e. The molecule has 2 heterocycles. The third kappa shape index (κ3) is 3.75. The number of nitrogens with zero attached hydrogens (tertiary/aromatic N) is 2. The fraction of sp³-hybridized carbons (Fsp3) is 0.192. The Morgan fingerprint density at radius 2 is 1.69 bits per heavy atom. The molecule has 6 heteroatoms. The third-order valence-corrected chi connectivity index (χ3v) is 5.64. The number of hydrogen-bond acceptors (Lipinski definition) is 5. The first kappa shape index (κ1) is 20.0. The average Bonchev–Trinajstić information content (AvgIpc) is 3.46. The molecule has 1 aromatic heterocycles. The molecule has 0 aliphatic carbocycles. The van der Waals surface area contributed by atoms with Crippen LogP contribution in [0.15, 0.2) is 72.8 Å². The molecule has 5 rings (SSSR count). The van der Waals surface area contributed by atoms with Gasteiger partial charge in [-0.15, -0.1) is 0 Å². The Bertz CT molecular complexity index is 1220. The SMILES string of the molecule is COc1ccc(-c2nn(-c3ccc(OCc4ccccc4)cc3)c3c2CCN3)c(OC)c1. The van der Waals surface area contributed by atoms with Crippen LogP contribution in [0.1, 0.15) is 11.1 Å². The quantitative estimate of drug-likeness (QED) is 0.445. The average molecular weight is 428 g/mol. The summed E-state index contributed by atoms with van der Waals surface area (Å²) < 4.78 is 18.9. The van der Waals surface area contributed by atoms with Gasteiger partial charge >= 0.3 is 0 Å². The van der Waals surface area contributed by atoms with E-state index in [9.17, 15) is 0 Å². The van der Waals surface area contributed by atoms with Crippen LogP contribution in [0.3, 0.4) is 0 Å². The first-order valence-corrected chi connectivity index (χ1v) is 10.6. The molecule has 4 aromatic rings. The first-order valence-electron chi connectivity index (χ1n) is 10.6. The lowest BCUT2D eigenvalue weighted by Gasteiger charge is -2.10. The molecule has 3 aromatic carbocycles. The molecule has 1 aliphatic heterocycles. The monoisotopic (exact) mass is 427 g/mol. The lowest BCUT2D eigenvalue weighted by molar-refractivity contribution is 0.306. The smallest absolute Gasteiger partial charge is 0.133 e. The van der Waals surface area contributed by atoms with Crippen molar-refractivity contribution in [1.82, 2.24) is 9.78 Å². The van der Waals surface area contributed by atoms with Gasteiger partial charge in [0.2, 0.25) is 0 Å². The molecule has 0 amide bonds. The molecule has 0 saturated heterocycles. The number of hydrogen-bond donors (Lipinski definition) is 1. The fourth-order valence-electron chi connectivity index (χ4n) is 4.00. The summed E-state index contributed by atoms with van der Waals surface area (Å²) >= 11 is 0. The summed E-state index contributed by atoms with van der Waals surface area (Å²) in [4.78, 5) is 0. The van der Waals surface area contributed by atoms with Crippen LogP contribution in [-0.4, -0.2) is 30.5 Å². The van der Waals surface area contributed by atoms with Crippen LogP contribution in [0.25, 0.3) is 16.9 Å². The number of ether oxygens (including phenoxy) is 3. The minimum absolute atomic E-state index is 0.542. The van der Waals surface area contributed by atoms with E-state index in [0.717, 1.165) is 58.5 Å². The van der Waals surface area contributed by atoms with Gasteiger partial charge in [0, 0.05) is 23.7 Å². The standard InChI is InChI=1S/C26H25N3O3/c1-30-21-12-13-22(24(16-21)31-2)25-23-14-15-27-26(23)29(28-25)19-8-10-20(11-9-19)32-17-18-6-4-3-5-7-18/h3-13,16,27H,14-15,17H2,1-2H3. The highest BCUT2D eigenvalue weighted by molar-refractivity contribution is 5.77. The highest BCUT2D eigenvalue weighted by atomic mass is 16.5. The molecule has 0 fully saturated rings. The van der Waals surface area contributed by atoms with E-state index in [2.05, 4.69) is 17.4 Å². The van der Waals surface area contributed by atoms with Crippen molar-refractivity contribution < 1.29 is 14.2 Å². The number of nitrogens with one attached hydrogen (secondary N) is 1. The van der Waals surface area contributed by atoms with E-state index >= 15 is 0 Å². The molecule has 0 atom stereocenters. The van der Waals surface area contributed by atoms with Crippen molar-refractivity contribution in [2.75, 3.05) is 26.1 Å². The maximum Gasteiger partial charge on any atom is 0.133 e. The second-order valence-electron chi connectivity index (χ2n) is 7.60. The summed E-state index contributed by atoms with van der Waals surface area (Å²) in [7, 11) is 3.32. The van der Waals surface area contributed by atoms with Crippen LogP contribution in [0.2, 0.25) is 0 Å². The van der Waals surface area contributed by atoms with Crippen molar-refractivity contribution in [2.45, 2.75) is 13.0 Å². The normalized spacial score (nSPS) is 12.2. The summed E-state index contributed by atoms with van der Waals surface area (Å²) in [5.41, 5.74) is 5.19. The van der Waals surface area contributed by atoms with Crippen LogP contribution in [0, 0.1) is 0 Å². The van der Waals surface area contributed by atoms with Crippen LogP contribution in [-0.2, 0) is 13.0 Å². The van der Waals surface area contributed by atoms with Crippen molar-refractivity contribution in [1.29, 1.82) is 0 Å². The Labute approximate surface area is 187 Å². The van der Waals surface area contributed by atoms with E-state index < -0.39 is 0 Å². The molecule has 0 spiro atoms. The van der Waals surface area contributed by atoms with Crippen molar-refractivity contribution in [2.24, 2.45) is 0 Å². The Kier molecular flexibility index (Phi) is 5.42. The molecular formula is C26H25N3O3. The second kappa shape index (κ2) is 8.67. The number of methoxy groups -OCH3 is 2. The van der Waals surface area contributed by atoms with Gasteiger partial charge in [0.15, 0.2) is 0 Å². The molecule has 162 valence electrons. The van der Waals surface area contributed by atoms with Gasteiger partial charge in [-0.25, -0.2) is 4.68 Å². The highest BCUT2D eigenvalue weighted by Crippen LogP contribution is 2.40. The summed E-state index contributed by atoms with van der Waals surface area (Å²) in [6.07, 6.45) is 0.915. The Morgan fingerprint density at radius 1 is 0.906 bits per heavy atom. The highest BCUT2D eigenvalue weighted by Gasteiger charge is 2.25. The predicted octanol–water partition coefficient (Wildman–Crippen LogP) is 5.10. The Hall–Kier alpha value is -3.93. The van der Waals surface area contributed by atoms with Crippen LogP contribution in [0.5, 0.6) is 17.2 Å². The molecule has 1 aliphatic rings. The van der Waals surface area contributed by atoms with E-state index in [1.807, 2.05) is 65.3 Å². The third-order valence-electron chi connectivity index (χ3n) is 5.64. The van der Waals surface area contributed by atoms with Crippen molar-refractivity contribution in [3.05, 3.63) is 83.9 Å². The number of rotatable bonds is 7.